The lowest BCUT2D eigenvalue weighted by Gasteiger charge is -2.30. The predicted octanol–water partition coefficient (Wildman–Crippen LogP) is 4.45. The summed E-state index contributed by atoms with van der Waals surface area (Å²) in [5, 5.41) is 5.11. The van der Waals surface area contributed by atoms with Gasteiger partial charge in [0.05, 0.1) is 16.6 Å². The van der Waals surface area contributed by atoms with E-state index in [1.54, 1.807) is 24.5 Å². The largest absolute Gasteiger partial charge is 0.772 e. The van der Waals surface area contributed by atoms with Gasteiger partial charge < -0.3 is 14.8 Å². The summed E-state index contributed by atoms with van der Waals surface area (Å²) in [6, 6.07) is 8.85. The Hall–Kier alpha value is -2.82. The number of aromatic nitrogens is 2. The van der Waals surface area contributed by atoms with Crippen LogP contribution in [0.2, 0.25) is 0 Å². The van der Waals surface area contributed by atoms with Crippen molar-refractivity contribution in [1.82, 2.24) is 9.97 Å². The van der Waals surface area contributed by atoms with Gasteiger partial charge in [-0.25, -0.2) is 9.78 Å². The van der Waals surface area contributed by atoms with E-state index in [9.17, 15) is 13.6 Å². The van der Waals surface area contributed by atoms with Crippen LogP contribution >= 0.6 is 11.3 Å². The first-order valence-electron chi connectivity index (χ1n) is 10.4. The number of carbonyl (C=O) groups is 1. The monoisotopic (exact) mass is 470 g/mol. The van der Waals surface area contributed by atoms with Crippen LogP contribution in [0.4, 0.5) is 21.3 Å². The first kappa shape index (κ1) is 22.4. The molecule has 0 radical (unpaired) electrons. The normalized spacial score (nSPS) is 15.8. The Morgan fingerprint density at radius 2 is 1.91 bits per heavy atom. The van der Waals surface area contributed by atoms with E-state index in [0.717, 1.165) is 54.2 Å². The maximum atomic E-state index is 12.7. The molecule has 2 unspecified atom stereocenters. The van der Waals surface area contributed by atoms with Gasteiger partial charge in [0, 0.05) is 36.6 Å². The molecular formula is C22H24N5O3S2-. The number of urea groups is 1. The topological polar surface area (TPSA) is 110 Å². The molecule has 32 heavy (non-hydrogen) atoms. The molecule has 0 aliphatic carbocycles. The van der Waals surface area contributed by atoms with Gasteiger partial charge in [0.1, 0.15) is 0 Å². The second-order valence-corrected chi connectivity index (χ2v) is 9.69. The SMILES string of the molecule is Cc1ccc(NC(=O)Nc2ncc(C(c3ccncc3)S(=O)[O-])s2)c(N2CCCCC2)c1. The molecule has 8 nitrogen and oxygen atoms in total. The molecular weight excluding hydrogens is 446 g/mol. The lowest BCUT2D eigenvalue weighted by Crippen LogP contribution is -2.31. The molecule has 0 spiro atoms. The van der Waals surface area contributed by atoms with E-state index in [2.05, 4.69) is 31.6 Å². The number of nitrogens with zero attached hydrogens (tertiary/aromatic N) is 3. The van der Waals surface area contributed by atoms with Crippen LogP contribution in [0.25, 0.3) is 0 Å². The Kier molecular flexibility index (Phi) is 7.13. The van der Waals surface area contributed by atoms with Crippen LogP contribution in [-0.4, -0.2) is 37.9 Å². The van der Waals surface area contributed by atoms with Crippen LogP contribution in [0.3, 0.4) is 0 Å². The summed E-state index contributed by atoms with van der Waals surface area (Å²) in [5.74, 6) is 0. The zero-order chi connectivity index (χ0) is 22.5. The van der Waals surface area contributed by atoms with Gasteiger partial charge in [0.15, 0.2) is 5.13 Å². The smallest absolute Gasteiger partial charge is 0.325 e. The van der Waals surface area contributed by atoms with Crippen molar-refractivity contribution >= 4 is 45.0 Å². The highest BCUT2D eigenvalue weighted by molar-refractivity contribution is 7.79. The summed E-state index contributed by atoms with van der Waals surface area (Å²) in [7, 11) is 0. The first-order chi connectivity index (χ1) is 15.5. The van der Waals surface area contributed by atoms with Gasteiger partial charge in [0.25, 0.3) is 0 Å². The summed E-state index contributed by atoms with van der Waals surface area (Å²) < 4.78 is 23.7. The number of rotatable bonds is 6. The fourth-order valence-corrected chi connectivity index (χ4v) is 5.60. The Bertz CT molecular complexity index is 1100. The maximum absolute atomic E-state index is 12.7. The third-order valence-corrected chi connectivity index (χ3v) is 7.34. The van der Waals surface area contributed by atoms with E-state index in [1.807, 2.05) is 19.1 Å². The van der Waals surface area contributed by atoms with E-state index < -0.39 is 22.4 Å². The highest BCUT2D eigenvalue weighted by atomic mass is 32.2. The van der Waals surface area contributed by atoms with E-state index in [1.165, 1.54) is 12.6 Å². The van der Waals surface area contributed by atoms with Gasteiger partial charge in [-0.2, -0.15) is 0 Å². The Morgan fingerprint density at radius 3 is 2.62 bits per heavy atom. The summed E-state index contributed by atoms with van der Waals surface area (Å²) in [6.07, 6.45) is 8.08. The van der Waals surface area contributed by atoms with Crippen LogP contribution in [-0.2, 0) is 11.1 Å². The number of carbonyl (C=O) groups excluding carboxylic acids is 1. The maximum Gasteiger partial charge on any atom is 0.325 e. The van der Waals surface area contributed by atoms with Crippen LogP contribution < -0.4 is 15.5 Å². The zero-order valence-corrected chi connectivity index (χ0v) is 19.2. The molecule has 2 N–H and O–H groups in total. The van der Waals surface area contributed by atoms with Crippen molar-refractivity contribution in [3.8, 4) is 0 Å². The summed E-state index contributed by atoms with van der Waals surface area (Å²) in [4.78, 5) is 23.6. The molecule has 1 fully saturated rings. The Labute approximate surface area is 193 Å². The molecule has 3 heterocycles. The minimum atomic E-state index is -2.39. The minimum absolute atomic E-state index is 0.327. The average Bonchev–Trinajstić information content (AvgIpc) is 3.23. The van der Waals surface area contributed by atoms with Gasteiger partial charge in [-0.3, -0.25) is 14.5 Å². The molecule has 0 saturated carbocycles. The lowest BCUT2D eigenvalue weighted by atomic mass is 10.1. The van der Waals surface area contributed by atoms with E-state index in [-0.39, 0.29) is 0 Å². The number of hydrogen-bond acceptors (Lipinski definition) is 7. The van der Waals surface area contributed by atoms with Crippen molar-refractivity contribution in [3.63, 3.8) is 0 Å². The summed E-state index contributed by atoms with van der Waals surface area (Å²) in [6.45, 7) is 3.98. The molecule has 1 saturated heterocycles. The fraction of sp³-hybridized carbons (Fsp3) is 0.318. The molecule has 10 heteroatoms. The second kappa shape index (κ2) is 10.2. The van der Waals surface area contributed by atoms with Gasteiger partial charge >= 0.3 is 6.03 Å². The summed E-state index contributed by atoms with van der Waals surface area (Å²) in [5.41, 5.74) is 3.48. The standard InChI is InChI=1S/C22H25N5O3S2/c1-15-5-6-17(18(13-15)27-11-3-2-4-12-27)25-21(28)26-22-24-14-19(31-22)20(32(29)30)16-7-9-23-10-8-16/h5-10,13-14,20H,2-4,11-12H2,1H3,(H,29,30)(H2,24,25,26,28)/p-1. The van der Waals surface area contributed by atoms with E-state index in [4.69, 9.17) is 0 Å². The molecule has 2 aromatic heterocycles. The van der Waals surface area contributed by atoms with Crippen molar-refractivity contribution in [2.24, 2.45) is 0 Å². The number of piperidine rings is 1. The molecule has 0 bridgehead atoms. The van der Waals surface area contributed by atoms with Crippen LogP contribution in [0.15, 0.2) is 48.9 Å². The second-order valence-electron chi connectivity index (χ2n) is 7.64. The average molecular weight is 471 g/mol. The molecule has 1 aliphatic rings. The van der Waals surface area contributed by atoms with Gasteiger partial charge in [-0.1, -0.05) is 6.07 Å². The Balaban J connectivity index is 1.48. The highest BCUT2D eigenvalue weighted by Crippen LogP contribution is 2.33. The molecule has 1 aliphatic heterocycles. The molecule has 4 rings (SSSR count). The molecule has 2 atom stereocenters. The number of hydrogen-bond donors (Lipinski definition) is 2. The molecule has 168 valence electrons. The van der Waals surface area contributed by atoms with Crippen molar-refractivity contribution in [2.45, 2.75) is 31.4 Å². The third-order valence-electron chi connectivity index (χ3n) is 5.30. The quantitative estimate of drug-likeness (QED) is 0.515. The fourth-order valence-electron chi connectivity index (χ4n) is 3.77. The van der Waals surface area contributed by atoms with Crippen LogP contribution in [0, 0.1) is 6.92 Å². The zero-order valence-electron chi connectivity index (χ0n) is 17.6. The van der Waals surface area contributed by atoms with Crippen LogP contribution in [0.1, 0.15) is 40.5 Å². The number of amides is 2. The van der Waals surface area contributed by atoms with Gasteiger partial charge in [0.2, 0.25) is 0 Å². The predicted molar refractivity (Wildman–Crippen MR) is 127 cm³/mol. The number of benzene rings is 1. The van der Waals surface area contributed by atoms with Crippen molar-refractivity contribution in [1.29, 1.82) is 0 Å². The number of nitrogens with one attached hydrogen (secondary N) is 2. The van der Waals surface area contributed by atoms with Gasteiger partial charge in [-0.15, -0.1) is 11.3 Å². The third kappa shape index (κ3) is 5.32. The highest BCUT2D eigenvalue weighted by Gasteiger charge is 2.20. The number of anilines is 3. The number of pyridine rings is 1. The molecule has 2 amide bonds. The first-order valence-corrected chi connectivity index (χ1v) is 12.3. The lowest BCUT2D eigenvalue weighted by molar-refractivity contribution is 0.262. The molecule has 1 aromatic carbocycles. The van der Waals surface area contributed by atoms with Crippen molar-refractivity contribution in [3.05, 3.63) is 64.9 Å². The van der Waals surface area contributed by atoms with Crippen molar-refractivity contribution < 1.29 is 13.6 Å². The molecule has 3 aromatic rings. The van der Waals surface area contributed by atoms with Crippen molar-refractivity contribution in [2.75, 3.05) is 28.6 Å². The Morgan fingerprint density at radius 1 is 1.16 bits per heavy atom. The van der Waals surface area contributed by atoms with Crippen LogP contribution in [0.5, 0.6) is 0 Å². The van der Waals surface area contributed by atoms with Gasteiger partial charge in [-0.05, 0) is 72.7 Å². The number of thiazole rings is 1. The number of aryl methyl sites for hydroxylation is 1. The summed E-state index contributed by atoms with van der Waals surface area (Å²) >= 11 is -1.25. The minimum Gasteiger partial charge on any atom is -0.772 e. The van der Waals surface area contributed by atoms with E-state index >= 15 is 0 Å². The van der Waals surface area contributed by atoms with E-state index in [0.29, 0.717) is 15.6 Å².